The summed E-state index contributed by atoms with van der Waals surface area (Å²) in [7, 11) is 0. The minimum absolute atomic E-state index is 0.407. The van der Waals surface area contributed by atoms with Crippen LogP contribution < -0.4 is 4.90 Å². The Balaban J connectivity index is 1.44. The van der Waals surface area contributed by atoms with E-state index < -0.39 is 11.8 Å². The van der Waals surface area contributed by atoms with Gasteiger partial charge in [-0.05, 0) is 23.3 Å². The summed E-state index contributed by atoms with van der Waals surface area (Å²) < 4.78 is 0. The highest BCUT2D eigenvalue weighted by atomic mass is 16.2. The van der Waals surface area contributed by atoms with Gasteiger partial charge in [-0.1, -0.05) is 78.9 Å². The summed E-state index contributed by atoms with van der Waals surface area (Å²) in [6.45, 7) is 3.35. The molecular formula is C26H27N3O2. The lowest BCUT2D eigenvalue weighted by atomic mass is 10.1. The quantitative estimate of drug-likeness (QED) is 0.601. The number of amides is 2. The first-order valence-electron chi connectivity index (χ1n) is 10.7. The topological polar surface area (TPSA) is 43.9 Å². The van der Waals surface area contributed by atoms with Gasteiger partial charge in [-0.15, -0.1) is 0 Å². The van der Waals surface area contributed by atoms with Crippen molar-refractivity contribution in [1.29, 1.82) is 0 Å². The van der Waals surface area contributed by atoms with Gasteiger partial charge in [0.05, 0.1) is 0 Å². The first-order chi connectivity index (χ1) is 15.2. The molecule has 5 heteroatoms. The number of hydrogen-bond acceptors (Lipinski definition) is 3. The molecule has 0 N–H and O–H groups in total. The second-order valence-electron chi connectivity index (χ2n) is 7.75. The number of nitrogens with zero attached hydrogens (tertiary/aromatic N) is 3. The molecule has 1 saturated heterocycles. The van der Waals surface area contributed by atoms with Crippen LogP contribution in [0.2, 0.25) is 0 Å². The summed E-state index contributed by atoms with van der Waals surface area (Å²) in [5, 5.41) is 0. The number of hydrogen-bond donors (Lipinski definition) is 0. The highest BCUT2D eigenvalue weighted by molar-refractivity contribution is 6.34. The van der Waals surface area contributed by atoms with E-state index in [0.717, 1.165) is 29.9 Å². The maximum absolute atomic E-state index is 13.2. The van der Waals surface area contributed by atoms with E-state index in [1.165, 1.54) is 0 Å². The van der Waals surface area contributed by atoms with Gasteiger partial charge in [-0.2, -0.15) is 0 Å². The average Bonchev–Trinajstić information content (AvgIpc) is 2.85. The van der Waals surface area contributed by atoms with Gasteiger partial charge in [0.25, 0.3) is 0 Å². The third-order valence-electron chi connectivity index (χ3n) is 5.59. The lowest BCUT2D eigenvalue weighted by Gasteiger charge is -2.36. The molecule has 0 aromatic heterocycles. The van der Waals surface area contributed by atoms with E-state index in [1.807, 2.05) is 78.9 Å². The number of carbonyl (C=O) groups excluding carboxylic acids is 2. The van der Waals surface area contributed by atoms with Gasteiger partial charge in [0.2, 0.25) is 0 Å². The lowest BCUT2D eigenvalue weighted by molar-refractivity contribution is -0.152. The first-order valence-corrected chi connectivity index (χ1v) is 10.7. The molecule has 1 aliphatic rings. The minimum Gasteiger partial charge on any atom is -0.368 e. The van der Waals surface area contributed by atoms with E-state index in [-0.39, 0.29) is 0 Å². The third kappa shape index (κ3) is 5.31. The predicted octanol–water partition coefficient (Wildman–Crippen LogP) is 3.56. The van der Waals surface area contributed by atoms with Crippen LogP contribution in [0.1, 0.15) is 11.1 Å². The zero-order valence-electron chi connectivity index (χ0n) is 17.6. The molecule has 5 nitrogen and oxygen atoms in total. The summed E-state index contributed by atoms with van der Waals surface area (Å²) in [5.41, 5.74) is 3.16. The van der Waals surface area contributed by atoms with Crippen molar-refractivity contribution in [3.8, 4) is 0 Å². The molecule has 31 heavy (non-hydrogen) atoms. The molecule has 0 bridgehead atoms. The number of rotatable bonds is 5. The minimum atomic E-state index is -0.444. The number of carbonyl (C=O) groups is 2. The van der Waals surface area contributed by atoms with Gasteiger partial charge < -0.3 is 14.7 Å². The second kappa shape index (κ2) is 9.94. The Morgan fingerprint density at radius 3 is 1.58 bits per heavy atom. The van der Waals surface area contributed by atoms with E-state index in [0.29, 0.717) is 26.2 Å². The van der Waals surface area contributed by atoms with Crippen LogP contribution in [0.3, 0.4) is 0 Å². The van der Waals surface area contributed by atoms with Crippen LogP contribution in [-0.4, -0.2) is 47.8 Å². The molecule has 4 rings (SSSR count). The zero-order valence-corrected chi connectivity index (χ0v) is 17.6. The molecule has 3 aromatic rings. The highest BCUT2D eigenvalue weighted by Gasteiger charge is 2.30. The van der Waals surface area contributed by atoms with E-state index in [2.05, 4.69) is 17.0 Å². The standard InChI is InChI=1S/C26H27N3O2/c30-25(28-18-16-27(17-19-28)24-14-8-3-9-15-24)26(31)29(20-22-10-4-1-5-11-22)21-23-12-6-2-7-13-23/h1-15H,16-21H2. The molecule has 1 aliphatic heterocycles. The van der Waals surface area contributed by atoms with Crippen molar-refractivity contribution in [3.05, 3.63) is 102 Å². The Labute approximate surface area is 183 Å². The van der Waals surface area contributed by atoms with E-state index in [9.17, 15) is 9.59 Å². The maximum atomic E-state index is 13.2. The molecule has 2 amide bonds. The molecule has 0 atom stereocenters. The van der Waals surface area contributed by atoms with Crippen molar-refractivity contribution >= 4 is 17.5 Å². The second-order valence-corrected chi connectivity index (χ2v) is 7.75. The van der Waals surface area contributed by atoms with Crippen LogP contribution in [0.4, 0.5) is 5.69 Å². The summed E-state index contributed by atoms with van der Waals surface area (Å²) in [6.07, 6.45) is 0. The first kappa shape index (κ1) is 20.7. The summed E-state index contributed by atoms with van der Waals surface area (Å²) in [4.78, 5) is 31.9. The SMILES string of the molecule is O=C(C(=O)N(Cc1ccccc1)Cc1ccccc1)N1CCN(c2ccccc2)CC1. The molecule has 0 saturated carbocycles. The monoisotopic (exact) mass is 413 g/mol. The number of benzene rings is 3. The van der Waals surface area contributed by atoms with Crippen LogP contribution in [0.5, 0.6) is 0 Å². The summed E-state index contributed by atoms with van der Waals surface area (Å²) in [5.74, 6) is -0.861. The fourth-order valence-electron chi connectivity index (χ4n) is 3.88. The molecule has 158 valence electrons. The summed E-state index contributed by atoms with van der Waals surface area (Å²) in [6, 6.07) is 29.8. The number of para-hydroxylation sites is 1. The normalized spacial score (nSPS) is 13.7. The fraction of sp³-hybridized carbons (Fsp3) is 0.231. The van der Waals surface area contributed by atoms with E-state index in [4.69, 9.17) is 0 Å². The van der Waals surface area contributed by atoms with Gasteiger partial charge in [-0.25, -0.2) is 0 Å². The lowest BCUT2D eigenvalue weighted by Crippen LogP contribution is -2.53. The number of piperazine rings is 1. The van der Waals surface area contributed by atoms with Gasteiger partial charge in [0.15, 0.2) is 0 Å². The van der Waals surface area contributed by atoms with Crippen LogP contribution in [-0.2, 0) is 22.7 Å². The fourth-order valence-corrected chi connectivity index (χ4v) is 3.88. The highest BCUT2D eigenvalue weighted by Crippen LogP contribution is 2.17. The van der Waals surface area contributed by atoms with Crippen molar-refractivity contribution in [3.63, 3.8) is 0 Å². The molecule has 0 spiro atoms. The van der Waals surface area contributed by atoms with Crippen molar-refractivity contribution in [2.45, 2.75) is 13.1 Å². The molecule has 0 aliphatic carbocycles. The number of anilines is 1. The van der Waals surface area contributed by atoms with E-state index >= 15 is 0 Å². The van der Waals surface area contributed by atoms with E-state index in [1.54, 1.807) is 9.80 Å². The Morgan fingerprint density at radius 1 is 0.645 bits per heavy atom. The molecule has 1 fully saturated rings. The average molecular weight is 414 g/mol. The van der Waals surface area contributed by atoms with Crippen molar-refractivity contribution in [2.75, 3.05) is 31.1 Å². The van der Waals surface area contributed by atoms with Crippen LogP contribution in [0.15, 0.2) is 91.0 Å². The largest absolute Gasteiger partial charge is 0.368 e. The van der Waals surface area contributed by atoms with Crippen LogP contribution in [0, 0.1) is 0 Å². The van der Waals surface area contributed by atoms with Crippen LogP contribution in [0.25, 0.3) is 0 Å². The van der Waals surface area contributed by atoms with Gasteiger partial charge in [-0.3, -0.25) is 9.59 Å². The Kier molecular flexibility index (Phi) is 6.62. The molecule has 1 heterocycles. The maximum Gasteiger partial charge on any atom is 0.312 e. The van der Waals surface area contributed by atoms with Gasteiger partial charge in [0.1, 0.15) is 0 Å². The Morgan fingerprint density at radius 2 is 1.10 bits per heavy atom. The molecule has 0 unspecified atom stereocenters. The van der Waals surface area contributed by atoms with Crippen molar-refractivity contribution in [1.82, 2.24) is 9.80 Å². The summed E-state index contributed by atoms with van der Waals surface area (Å²) >= 11 is 0. The van der Waals surface area contributed by atoms with Gasteiger partial charge >= 0.3 is 11.8 Å². The van der Waals surface area contributed by atoms with Crippen molar-refractivity contribution < 1.29 is 9.59 Å². The predicted molar refractivity (Wildman–Crippen MR) is 122 cm³/mol. The zero-order chi connectivity index (χ0) is 21.5. The third-order valence-corrected chi connectivity index (χ3v) is 5.59. The Bertz CT molecular complexity index is 943. The van der Waals surface area contributed by atoms with Crippen molar-refractivity contribution in [2.24, 2.45) is 0 Å². The smallest absolute Gasteiger partial charge is 0.312 e. The van der Waals surface area contributed by atoms with Gasteiger partial charge in [0, 0.05) is 45.0 Å². The molecular weight excluding hydrogens is 386 g/mol. The van der Waals surface area contributed by atoms with Crippen LogP contribution >= 0.6 is 0 Å². The molecule has 0 radical (unpaired) electrons. The molecule has 3 aromatic carbocycles. The Hall–Kier alpha value is -3.60.